The van der Waals surface area contributed by atoms with Crippen molar-refractivity contribution in [2.45, 2.75) is 31.3 Å². The van der Waals surface area contributed by atoms with Crippen molar-refractivity contribution >= 4 is 11.6 Å². The lowest BCUT2D eigenvalue weighted by Gasteiger charge is -2.17. The smallest absolute Gasteiger partial charge is 0.244 e. The zero-order valence-corrected chi connectivity index (χ0v) is 9.83. The Labute approximate surface area is 104 Å². The van der Waals surface area contributed by atoms with Gasteiger partial charge in [0.2, 0.25) is 5.91 Å². The lowest BCUT2D eigenvalue weighted by Crippen LogP contribution is -2.39. The van der Waals surface area contributed by atoms with E-state index in [-0.39, 0.29) is 11.9 Å². The van der Waals surface area contributed by atoms with Gasteiger partial charge in [-0.2, -0.15) is 0 Å². The third-order valence-corrected chi connectivity index (χ3v) is 3.43. The molecule has 1 heterocycles. The molecule has 0 bridgehead atoms. The molecule has 1 aliphatic carbocycles. The minimum Gasteiger partial charge on any atom is -0.311 e. The van der Waals surface area contributed by atoms with Gasteiger partial charge in [0.05, 0.1) is 6.04 Å². The van der Waals surface area contributed by atoms with E-state index >= 15 is 0 Å². The first-order valence-electron chi connectivity index (χ1n) is 6.17. The summed E-state index contributed by atoms with van der Waals surface area (Å²) in [5.41, 5.74) is 0.430. The molecule has 1 atom stereocenters. The third kappa shape index (κ3) is 2.10. The van der Waals surface area contributed by atoms with E-state index in [0.29, 0.717) is 24.7 Å². The molecule has 0 radical (unpaired) electrons. The second-order valence-electron chi connectivity index (χ2n) is 4.87. The van der Waals surface area contributed by atoms with Crippen LogP contribution >= 0.6 is 0 Å². The lowest BCUT2D eigenvalue weighted by molar-refractivity contribution is -0.118. The van der Waals surface area contributed by atoms with Crippen molar-refractivity contribution in [2.75, 3.05) is 11.4 Å². The monoisotopic (exact) mass is 252 g/mol. The van der Waals surface area contributed by atoms with Gasteiger partial charge in [-0.1, -0.05) is 0 Å². The average Bonchev–Trinajstić information content (AvgIpc) is 3.09. The van der Waals surface area contributed by atoms with Crippen molar-refractivity contribution in [1.82, 2.24) is 5.32 Å². The van der Waals surface area contributed by atoms with E-state index in [0.717, 1.165) is 25.0 Å². The normalized spacial score (nSPS) is 23.8. The Morgan fingerprint density at radius 2 is 1.94 bits per heavy atom. The highest BCUT2D eigenvalue weighted by atomic mass is 19.2. The van der Waals surface area contributed by atoms with E-state index in [1.54, 1.807) is 0 Å². The summed E-state index contributed by atoms with van der Waals surface area (Å²) < 4.78 is 26.0. The summed E-state index contributed by atoms with van der Waals surface area (Å²) in [5.74, 6) is -1.86. The van der Waals surface area contributed by atoms with Crippen LogP contribution in [0.3, 0.4) is 0 Å². The van der Waals surface area contributed by atoms with Gasteiger partial charge in [0.15, 0.2) is 11.6 Å². The average molecular weight is 252 g/mol. The number of carbonyl (C=O) groups is 1. The van der Waals surface area contributed by atoms with Crippen LogP contribution in [0.4, 0.5) is 14.5 Å². The molecule has 96 valence electrons. The Morgan fingerprint density at radius 3 is 2.61 bits per heavy atom. The van der Waals surface area contributed by atoms with Crippen molar-refractivity contribution in [3.63, 3.8) is 0 Å². The van der Waals surface area contributed by atoms with Crippen LogP contribution in [0.5, 0.6) is 0 Å². The molecule has 1 saturated heterocycles. The predicted molar refractivity (Wildman–Crippen MR) is 63.3 cm³/mol. The summed E-state index contributed by atoms with van der Waals surface area (Å²) in [4.78, 5) is 13.6. The molecule has 1 N–H and O–H groups in total. The Morgan fingerprint density at radius 1 is 1.17 bits per heavy atom. The summed E-state index contributed by atoms with van der Waals surface area (Å²) in [5, 5.41) is 3.27. The predicted octanol–water partition coefficient (Wildman–Crippen LogP) is 1.82. The van der Waals surface area contributed by atoms with Gasteiger partial charge in [-0.25, -0.2) is 8.78 Å². The zero-order chi connectivity index (χ0) is 12.7. The molecular weight excluding hydrogens is 238 g/mol. The molecule has 0 spiro atoms. The highest BCUT2D eigenvalue weighted by Gasteiger charge is 2.36. The maximum atomic E-state index is 13.1. The van der Waals surface area contributed by atoms with E-state index in [4.69, 9.17) is 0 Å². The first-order valence-corrected chi connectivity index (χ1v) is 6.17. The van der Waals surface area contributed by atoms with Crippen molar-refractivity contribution in [3.05, 3.63) is 29.8 Å². The number of benzene rings is 1. The number of hydrogen-bond donors (Lipinski definition) is 1. The molecule has 1 aromatic carbocycles. The van der Waals surface area contributed by atoms with Gasteiger partial charge in [-0.15, -0.1) is 0 Å². The Balaban J connectivity index is 1.76. The van der Waals surface area contributed by atoms with Crippen LogP contribution < -0.4 is 10.2 Å². The minimum absolute atomic E-state index is 0.0482. The Hall–Kier alpha value is -1.49. The van der Waals surface area contributed by atoms with Crippen LogP contribution in [-0.4, -0.2) is 24.5 Å². The fourth-order valence-electron chi connectivity index (χ4n) is 2.28. The maximum absolute atomic E-state index is 13.1. The van der Waals surface area contributed by atoms with Gasteiger partial charge < -0.3 is 10.2 Å². The van der Waals surface area contributed by atoms with Gasteiger partial charge in [0, 0.05) is 24.3 Å². The number of nitrogens with one attached hydrogen (secondary N) is 1. The fraction of sp³-hybridized carbons (Fsp3) is 0.462. The molecule has 3 rings (SSSR count). The summed E-state index contributed by atoms with van der Waals surface area (Å²) in [7, 11) is 0. The number of amides is 1. The highest BCUT2D eigenvalue weighted by molar-refractivity contribution is 5.99. The topological polar surface area (TPSA) is 32.3 Å². The van der Waals surface area contributed by atoms with Gasteiger partial charge >= 0.3 is 0 Å². The first kappa shape index (κ1) is 11.6. The summed E-state index contributed by atoms with van der Waals surface area (Å²) in [6.07, 6.45) is 2.96. The van der Waals surface area contributed by atoms with Crippen LogP contribution in [0.25, 0.3) is 0 Å². The number of hydrogen-bond acceptors (Lipinski definition) is 2. The quantitative estimate of drug-likeness (QED) is 0.890. The molecule has 1 amide bonds. The molecule has 3 nitrogen and oxygen atoms in total. The third-order valence-electron chi connectivity index (χ3n) is 3.43. The molecule has 2 aliphatic rings. The molecule has 18 heavy (non-hydrogen) atoms. The molecular formula is C13H14F2N2O. The van der Waals surface area contributed by atoms with Gasteiger partial charge in [-0.05, 0) is 31.4 Å². The van der Waals surface area contributed by atoms with Gasteiger partial charge in [0.1, 0.15) is 0 Å². The summed E-state index contributed by atoms with van der Waals surface area (Å²) >= 11 is 0. The second-order valence-corrected chi connectivity index (χ2v) is 4.87. The number of anilines is 1. The highest BCUT2D eigenvalue weighted by Crippen LogP contribution is 2.26. The summed E-state index contributed by atoms with van der Waals surface area (Å²) in [6.45, 7) is 0.550. The Bertz CT molecular complexity index is 488. The van der Waals surface area contributed by atoms with Gasteiger partial charge in [0.25, 0.3) is 0 Å². The van der Waals surface area contributed by atoms with Crippen LogP contribution in [0.2, 0.25) is 0 Å². The van der Waals surface area contributed by atoms with Crippen molar-refractivity contribution in [2.24, 2.45) is 0 Å². The van der Waals surface area contributed by atoms with Crippen LogP contribution in [0.15, 0.2) is 18.2 Å². The SMILES string of the molecule is O=C1C(NC2CC2)CCN1c1ccc(F)c(F)c1. The standard InChI is InChI=1S/C13H14F2N2O/c14-10-4-3-9(7-11(10)15)17-6-5-12(13(17)18)16-8-1-2-8/h3-4,7-8,12,16H,1-2,5-6H2. The van der Waals surface area contributed by atoms with Crippen molar-refractivity contribution in [3.8, 4) is 0 Å². The molecule has 1 aromatic rings. The second kappa shape index (κ2) is 4.31. The van der Waals surface area contributed by atoms with Crippen LogP contribution in [0.1, 0.15) is 19.3 Å². The van der Waals surface area contributed by atoms with Crippen molar-refractivity contribution in [1.29, 1.82) is 0 Å². The number of nitrogens with zero attached hydrogens (tertiary/aromatic N) is 1. The van der Waals surface area contributed by atoms with Crippen molar-refractivity contribution < 1.29 is 13.6 Å². The Kier molecular flexibility index (Phi) is 2.78. The maximum Gasteiger partial charge on any atom is 0.244 e. The van der Waals surface area contributed by atoms with E-state index in [1.807, 2.05) is 0 Å². The molecule has 1 saturated carbocycles. The number of carbonyl (C=O) groups excluding carboxylic acids is 1. The summed E-state index contributed by atoms with van der Waals surface area (Å²) in [6, 6.07) is 3.86. The van der Waals surface area contributed by atoms with Crippen LogP contribution in [-0.2, 0) is 4.79 Å². The van der Waals surface area contributed by atoms with E-state index in [1.165, 1.54) is 11.0 Å². The zero-order valence-electron chi connectivity index (χ0n) is 9.83. The van der Waals surface area contributed by atoms with E-state index in [2.05, 4.69) is 5.32 Å². The number of rotatable bonds is 3. The first-order chi connectivity index (χ1) is 8.65. The molecule has 5 heteroatoms. The molecule has 2 fully saturated rings. The van der Waals surface area contributed by atoms with E-state index in [9.17, 15) is 13.6 Å². The van der Waals surface area contributed by atoms with Crippen LogP contribution in [0, 0.1) is 11.6 Å². The largest absolute Gasteiger partial charge is 0.311 e. The molecule has 1 unspecified atom stereocenters. The minimum atomic E-state index is -0.918. The number of halogens is 2. The van der Waals surface area contributed by atoms with E-state index < -0.39 is 11.6 Å². The molecule has 1 aliphatic heterocycles. The fourth-order valence-corrected chi connectivity index (χ4v) is 2.28. The molecule has 0 aromatic heterocycles. The lowest BCUT2D eigenvalue weighted by atomic mass is 10.2. The van der Waals surface area contributed by atoms with Gasteiger partial charge in [-0.3, -0.25) is 4.79 Å².